The maximum atomic E-state index is 12.4. The number of ether oxygens (including phenoxy) is 1. The van der Waals surface area contributed by atoms with Crippen LogP contribution in [0.15, 0.2) is 60.8 Å². The Morgan fingerprint density at radius 2 is 1.86 bits per heavy atom. The van der Waals surface area contributed by atoms with Crippen molar-refractivity contribution in [1.29, 1.82) is 0 Å². The number of nitrogens with one attached hydrogen (secondary N) is 1. The summed E-state index contributed by atoms with van der Waals surface area (Å²) in [5, 5.41) is 13.5. The van der Waals surface area contributed by atoms with Crippen molar-refractivity contribution in [2.24, 2.45) is 0 Å². The molecule has 0 unspecified atom stereocenters. The third-order valence-corrected chi connectivity index (χ3v) is 4.32. The Balaban J connectivity index is 1.73. The highest BCUT2D eigenvalue weighted by Crippen LogP contribution is 2.30. The average Bonchev–Trinajstić information content (AvgIpc) is 2.67. The molecule has 0 bridgehead atoms. The van der Waals surface area contributed by atoms with Gasteiger partial charge in [0.25, 0.3) is 5.69 Å². The number of nitrogens with zero attached hydrogens (tertiary/aromatic N) is 2. The van der Waals surface area contributed by atoms with Gasteiger partial charge in [0.05, 0.1) is 11.3 Å². The van der Waals surface area contributed by atoms with Crippen LogP contribution in [-0.2, 0) is 11.2 Å². The Hall–Kier alpha value is -3.74. The van der Waals surface area contributed by atoms with Gasteiger partial charge in [-0.2, -0.15) is 0 Å². The molecule has 7 heteroatoms. The number of carbonyl (C=O) groups excluding carboxylic acids is 1. The number of hydrogen-bond acceptors (Lipinski definition) is 5. The average molecular weight is 377 g/mol. The van der Waals surface area contributed by atoms with Crippen molar-refractivity contribution < 1.29 is 14.5 Å². The van der Waals surface area contributed by atoms with E-state index in [0.29, 0.717) is 22.9 Å². The van der Waals surface area contributed by atoms with Crippen molar-refractivity contribution >= 4 is 17.3 Å². The highest BCUT2D eigenvalue weighted by Gasteiger charge is 2.13. The van der Waals surface area contributed by atoms with Crippen LogP contribution in [0.5, 0.6) is 11.6 Å². The van der Waals surface area contributed by atoms with Gasteiger partial charge in [-0.15, -0.1) is 0 Å². The fourth-order valence-electron chi connectivity index (χ4n) is 2.62. The number of nitro groups is 1. The van der Waals surface area contributed by atoms with E-state index in [-0.39, 0.29) is 18.0 Å². The van der Waals surface area contributed by atoms with Crippen molar-refractivity contribution in [2.45, 2.75) is 20.3 Å². The van der Waals surface area contributed by atoms with Crippen molar-refractivity contribution in [3.8, 4) is 11.6 Å². The largest absolute Gasteiger partial charge is 0.437 e. The zero-order valence-corrected chi connectivity index (χ0v) is 15.5. The van der Waals surface area contributed by atoms with Crippen LogP contribution in [0.25, 0.3) is 0 Å². The van der Waals surface area contributed by atoms with Gasteiger partial charge in [0.15, 0.2) is 0 Å². The molecular weight excluding hydrogens is 358 g/mol. The smallest absolute Gasteiger partial charge is 0.269 e. The second-order valence-electron chi connectivity index (χ2n) is 6.30. The first kappa shape index (κ1) is 19.0. The summed E-state index contributed by atoms with van der Waals surface area (Å²) in [6.45, 7) is 3.95. The van der Waals surface area contributed by atoms with E-state index in [0.717, 1.165) is 11.1 Å². The van der Waals surface area contributed by atoms with Gasteiger partial charge < -0.3 is 10.1 Å². The van der Waals surface area contributed by atoms with Crippen LogP contribution in [-0.4, -0.2) is 15.8 Å². The van der Waals surface area contributed by atoms with Crippen LogP contribution in [0.2, 0.25) is 0 Å². The lowest BCUT2D eigenvalue weighted by Gasteiger charge is -2.13. The summed E-state index contributed by atoms with van der Waals surface area (Å²) < 4.78 is 5.91. The summed E-state index contributed by atoms with van der Waals surface area (Å²) >= 11 is 0. The third kappa shape index (κ3) is 4.50. The van der Waals surface area contributed by atoms with Gasteiger partial charge in [-0.1, -0.05) is 24.3 Å². The number of nitro benzene ring substituents is 1. The highest BCUT2D eigenvalue weighted by molar-refractivity contribution is 5.93. The Bertz CT molecular complexity index is 1020. The van der Waals surface area contributed by atoms with Crippen LogP contribution >= 0.6 is 0 Å². The van der Waals surface area contributed by atoms with Crippen molar-refractivity contribution in [3.05, 3.63) is 87.6 Å². The Labute approximate surface area is 162 Å². The van der Waals surface area contributed by atoms with Crippen LogP contribution in [0.4, 0.5) is 11.4 Å². The molecule has 1 aromatic heterocycles. The fourth-order valence-corrected chi connectivity index (χ4v) is 2.62. The first-order valence-corrected chi connectivity index (χ1v) is 8.66. The fraction of sp³-hybridized carbons (Fsp3) is 0.143. The number of amides is 1. The molecule has 7 nitrogen and oxygen atoms in total. The van der Waals surface area contributed by atoms with Crippen LogP contribution in [0, 0.1) is 24.0 Å². The number of aromatic nitrogens is 1. The van der Waals surface area contributed by atoms with Crippen molar-refractivity contribution in [3.63, 3.8) is 0 Å². The molecule has 0 fully saturated rings. The predicted molar refractivity (Wildman–Crippen MR) is 106 cm³/mol. The Morgan fingerprint density at radius 1 is 1.11 bits per heavy atom. The molecular formula is C21H19N3O4. The molecule has 1 amide bonds. The maximum absolute atomic E-state index is 12.4. The summed E-state index contributed by atoms with van der Waals surface area (Å²) in [5.41, 5.74) is 3.20. The molecule has 28 heavy (non-hydrogen) atoms. The third-order valence-electron chi connectivity index (χ3n) is 4.32. The summed E-state index contributed by atoms with van der Waals surface area (Å²) in [5.74, 6) is 0.700. The van der Waals surface area contributed by atoms with Crippen LogP contribution in [0.1, 0.15) is 16.7 Å². The van der Waals surface area contributed by atoms with Gasteiger partial charge in [-0.05, 0) is 48.7 Å². The summed E-state index contributed by atoms with van der Waals surface area (Å²) in [7, 11) is 0. The summed E-state index contributed by atoms with van der Waals surface area (Å²) in [6, 6.07) is 15.0. The standard InChI is InChI=1S/C21H19N3O4/c1-14-5-3-7-19(15(14)2)28-21-18(6-4-12-22-21)23-20(25)13-16-8-10-17(11-9-16)24(26)27/h3-12H,13H2,1-2H3,(H,23,25). The first-order valence-electron chi connectivity index (χ1n) is 8.66. The number of rotatable bonds is 6. The lowest BCUT2D eigenvalue weighted by molar-refractivity contribution is -0.384. The van der Waals surface area contributed by atoms with E-state index in [4.69, 9.17) is 4.74 Å². The molecule has 0 saturated heterocycles. The van der Waals surface area contributed by atoms with E-state index in [9.17, 15) is 14.9 Å². The Morgan fingerprint density at radius 3 is 2.57 bits per heavy atom. The monoisotopic (exact) mass is 377 g/mol. The lowest BCUT2D eigenvalue weighted by atomic mass is 10.1. The molecule has 0 atom stereocenters. The number of anilines is 1. The summed E-state index contributed by atoms with van der Waals surface area (Å²) in [6.07, 6.45) is 1.67. The van der Waals surface area contributed by atoms with E-state index in [2.05, 4.69) is 10.3 Å². The molecule has 142 valence electrons. The number of aryl methyl sites for hydroxylation is 1. The van der Waals surface area contributed by atoms with Gasteiger partial charge in [0.1, 0.15) is 11.4 Å². The topological polar surface area (TPSA) is 94.4 Å². The number of benzene rings is 2. The minimum atomic E-state index is -0.476. The number of carbonyl (C=O) groups is 1. The van der Waals surface area contributed by atoms with Gasteiger partial charge in [-0.25, -0.2) is 4.98 Å². The van der Waals surface area contributed by atoms with Crippen LogP contribution in [0.3, 0.4) is 0 Å². The molecule has 3 aromatic rings. The van der Waals surface area contributed by atoms with E-state index < -0.39 is 4.92 Å². The number of hydrogen-bond donors (Lipinski definition) is 1. The van der Waals surface area contributed by atoms with Crippen molar-refractivity contribution in [2.75, 3.05) is 5.32 Å². The van der Waals surface area contributed by atoms with Gasteiger partial charge in [0, 0.05) is 18.3 Å². The molecule has 3 rings (SSSR count). The van der Waals surface area contributed by atoms with Gasteiger partial charge in [0.2, 0.25) is 11.8 Å². The minimum Gasteiger partial charge on any atom is -0.437 e. The van der Waals surface area contributed by atoms with E-state index in [1.165, 1.54) is 12.1 Å². The molecule has 0 saturated carbocycles. The normalized spacial score (nSPS) is 10.4. The molecule has 0 aliphatic rings. The molecule has 0 spiro atoms. The second kappa shape index (κ2) is 8.30. The molecule has 0 aliphatic carbocycles. The SMILES string of the molecule is Cc1cccc(Oc2ncccc2NC(=O)Cc2ccc([N+](=O)[O-])cc2)c1C. The number of pyridine rings is 1. The molecule has 2 aromatic carbocycles. The predicted octanol–water partition coefficient (Wildman–Crippen LogP) is 4.58. The first-order chi connectivity index (χ1) is 13.4. The zero-order valence-electron chi connectivity index (χ0n) is 15.5. The van der Waals surface area contributed by atoms with E-state index in [1.807, 2.05) is 32.0 Å². The zero-order chi connectivity index (χ0) is 20.1. The van der Waals surface area contributed by atoms with Crippen LogP contribution < -0.4 is 10.1 Å². The van der Waals surface area contributed by atoms with E-state index in [1.54, 1.807) is 30.5 Å². The highest BCUT2D eigenvalue weighted by atomic mass is 16.6. The van der Waals surface area contributed by atoms with Crippen molar-refractivity contribution in [1.82, 2.24) is 4.98 Å². The quantitative estimate of drug-likeness (QED) is 0.501. The maximum Gasteiger partial charge on any atom is 0.269 e. The van der Waals surface area contributed by atoms with E-state index >= 15 is 0 Å². The molecule has 1 heterocycles. The molecule has 0 radical (unpaired) electrons. The molecule has 1 N–H and O–H groups in total. The van der Waals surface area contributed by atoms with Gasteiger partial charge in [-0.3, -0.25) is 14.9 Å². The lowest BCUT2D eigenvalue weighted by Crippen LogP contribution is -2.15. The molecule has 0 aliphatic heterocycles. The Kier molecular flexibility index (Phi) is 5.64. The second-order valence-corrected chi connectivity index (χ2v) is 6.30. The summed E-state index contributed by atoms with van der Waals surface area (Å²) in [4.78, 5) is 26.9. The number of non-ortho nitro benzene ring substituents is 1. The van der Waals surface area contributed by atoms with Gasteiger partial charge >= 0.3 is 0 Å². The minimum absolute atomic E-state index is 0.0133.